The summed E-state index contributed by atoms with van der Waals surface area (Å²) in [5.41, 5.74) is 6.81. The number of ether oxygens (including phenoxy) is 2. The summed E-state index contributed by atoms with van der Waals surface area (Å²) in [6.45, 7) is 1.68. The molecule has 0 bridgehead atoms. The summed E-state index contributed by atoms with van der Waals surface area (Å²) >= 11 is 12.1. The molecule has 0 aliphatic carbocycles. The molecule has 0 saturated heterocycles. The first kappa shape index (κ1) is 26.8. The van der Waals surface area contributed by atoms with Crippen molar-refractivity contribution in [1.29, 1.82) is 0 Å². The number of hydrogen-bond acceptors (Lipinski definition) is 7. The van der Waals surface area contributed by atoms with Gasteiger partial charge < -0.3 is 24.9 Å². The number of nitrogens with two attached hydrogens (primary N) is 1. The molecule has 12 heteroatoms. The standard InChI is InChI=1S/C19H18Cl2N4O4.2ClH/c1-9(22)17-16(18(26)24-15-11(20)7-23-8-12(15)21)25-19(29-17)10-4-5-13(27-2)14(6-10)28-3;;/h4-9H,22H2,1-3H3,(H,23,24,26);2*1H/t9-;;/m0../s1. The molecule has 2 heterocycles. The highest BCUT2D eigenvalue weighted by Crippen LogP contribution is 2.34. The molecular formula is C19H20Cl4N4O4. The van der Waals surface area contributed by atoms with Crippen LogP contribution in [0, 0.1) is 0 Å². The highest BCUT2D eigenvalue weighted by Gasteiger charge is 2.25. The molecule has 0 spiro atoms. The molecule has 0 radical (unpaired) electrons. The van der Waals surface area contributed by atoms with Crippen LogP contribution in [0.3, 0.4) is 0 Å². The monoisotopic (exact) mass is 508 g/mol. The number of benzene rings is 1. The first-order valence-corrected chi connectivity index (χ1v) is 9.20. The maximum atomic E-state index is 12.8. The topological polar surface area (TPSA) is 112 Å². The zero-order valence-electron chi connectivity index (χ0n) is 16.6. The van der Waals surface area contributed by atoms with Gasteiger partial charge in [0.25, 0.3) is 5.91 Å². The van der Waals surface area contributed by atoms with Gasteiger partial charge in [-0.15, -0.1) is 24.8 Å². The molecule has 0 saturated carbocycles. The van der Waals surface area contributed by atoms with Crippen molar-refractivity contribution in [1.82, 2.24) is 9.97 Å². The Bertz CT molecular complexity index is 1040. The van der Waals surface area contributed by atoms with Crippen molar-refractivity contribution in [2.45, 2.75) is 13.0 Å². The summed E-state index contributed by atoms with van der Waals surface area (Å²) in [5.74, 6) is 0.897. The number of anilines is 1. The Morgan fingerprint density at radius 3 is 2.29 bits per heavy atom. The SMILES string of the molecule is COc1ccc(-c2nc(C(=O)Nc3c(Cl)cncc3Cl)c([C@H](C)N)o2)cc1OC.Cl.Cl. The Morgan fingerprint density at radius 2 is 1.74 bits per heavy atom. The Balaban J connectivity index is 0.00000240. The van der Waals surface area contributed by atoms with Crippen LogP contribution in [0.15, 0.2) is 35.0 Å². The maximum Gasteiger partial charge on any atom is 0.278 e. The van der Waals surface area contributed by atoms with Crippen LogP contribution in [-0.2, 0) is 0 Å². The molecule has 1 atom stereocenters. The van der Waals surface area contributed by atoms with Crippen molar-refractivity contribution in [3.63, 3.8) is 0 Å². The van der Waals surface area contributed by atoms with Crippen molar-refractivity contribution in [3.05, 3.63) is 52.1 Å². The number of methoxy groups -OCH3 is 2. The summed E-state index contributed by atoms with van der Waals surface area (Å²) < 4.78 is 16.3. The van der Waals surface area contributed by atoms with Gasteiger partial charge >= 0.3 is 0 Å². The second-order valence-electron chi connectivity index (χ2n) is 6.02. The fraction of sp³-hybridized carbons (Fsp3) is 0.211. The van der Waals surface area contributed by atoms with Crippen LogP contribution in [0.4, 0.5) is 5.69 Å². The van der Waals surface area contributed by atoms with Crippen LogP contribution in [-0.4, -0.2) is 30.1 Å². The summed E-state index contributed by atoms with van der Waals surface area (Å²) in [6, 6.07) is 4.55. The largest absolute Gasteiger partial charge is 0.493 e. The second kappa shape index (κ2) is 11.4. The molecule has 168 valence electrons. The minimum Gasteiger partial charge on any atom is -0.493 e. The number of aromatic nitrogens is 2. The lowest BCUT2D eigenvalue weighted by Crippen LogP contribution is -2.17. The first-order valence-electron chi connectivity index (χ1n) is 8.44. The number of amides is 1. The molecule has 0 unspecified atom stereocenters. The summed E-state index contributed by atoms with van der Waals surface area (Å²) in [6.07, 6.45) is 2.74. The van der Waals surface area contributed by atoms with Crippen LogP contribution in [0.1, 0.15) is 29.2 Å². The van der Waals surface area contributed by atoms with E-state index < -0.39 is 11.9 Å². The fourth-order valence-corrected chi connectivity index (χ4v) is 3.06. The molecule has 1 amide bonds. The van der Waals surface area contributed by atoms with Crippen molar-refractivity contribution in [2.75, 3.05) is 19.5 Å². The number of nitrogens with zero attached hydrogens (tertiary/aromatic N) is 2. The third-order valence-corrected chi connectivity index (χ3v) is 4.58. The number of carbonyl (C=O) groups is 1. The number of nitrogens with one attached hydrogen (secondary N) is 1. The normalized spacial score (nSPS) is 11.0. The second-order valence-corrected chi connectivity index (χ2v) is 6.84. The minimum atomic E-state index is -0.583. The summed E-state index contributed by atoms with van der Waals surface area (Å²) in [7, 11) is 3.06. The van der Waals surface area contributed by atoms with Gasteiger partial charge in [-0.25, -0.2) is 4.98 Å². The molecule has 0 aliphatic heterocycles. The van der Waals surface area contributed by atoms with Crippen LogP contribution in [0.5, 0.6) is 11.5 Å². The minimum absolute atomic E-state index is 0. The fourth-order valence-electron chi connectivity index (χ4n) is 2.60. The van der Waals surface area contributed by atoms with E-state index in [1.54, 1.807) is 25.1 Å². The Morgan fingerprint density at radius 1 is 1.13 bits per heavy atom. The van der Waals surface area contributed by atoms with Crippen molar-refractivity contribution in [2.24, 2.45) is 5.73 Å². The Hall–Kier alpha value is -2.23. The van der Waals surface area contributed by atoms with Crippen LogP contribution in [0.25, 0.3) is 11.5 Å². The van der Waals surface area contributed by atoms with Crippen molar-refractivity contribution < 1.29 is 18.7 Å². The zero-order valence-corrected chi connectivity index (χ0v) is 19.8. The van der Waals surface area contributed by atoms with Gasteiger partial charge in [0.05, 0.1) is 36.0 Å². The predicted molar refractivity (Wildman–Crippen MR) is 124 cm³/mol. The van der Waals surface area contributed by atoms with E-state index in [2.05, 4.69) is 15.3 Å². The van der Waals surface area contributed by atoms with E-state index in [9.17, 15) is 4.79 Å². The van der Waals surface area contributed by atoms with E-state index in [1.165, 1.54) is 26.6 Å². The van der Waals surface area contributed by atoms with Gasteiger partial charge in [-0.3, -0.25) is 9.78 Å². The van der Waals surface area contributed by atoms with Gasteiger partial charge in [0, 0.05) is 18.0 Å². The van der Waals surface area contributed by atoms with Gasteiger partial charge in [0.2, 0.25) is 5.89 Å². The number of carbonyl (C=O) groups excluding carboxylic acids is 1. The summed E-state index contributed by atoms with van der Waals surface area (Å²) in [5, 5.41) is 3.01. The van der Waals surface area contributed by atoms with E-state index in [-0.39, 0.29) is 57.9 Å². The molecule has 0 fully saturated rings. The van der Waals surface area contributed by atoms with Gasteiger partial charge in [-0.1, -0.05) is 23.2 Å². The lowest BCUT2D eigenvalue weighted by molar-refractivity contribution is 0.102. The lowest BCUT2D eigenvalue weighted by Gasteiger charge is -2.08. The molecule has 0 aliphatic rings. The van der Waals surface area contributed by atoms with Crippen molar-refractivity contribution >= 4 is 59.6 Å². The molecule has 3 rings (SSSR count). The maximum absolute atomic E-state index is 12.8. The lowest BCUT2D eigenvalue weighted by atomic mass is 10.2. The molecule has 2 aromatic heterocycles. The van der Waals surface area contributed by atoms with Gasteiger partial charge in [0.1, 0.15) is 0 Å². The van der Waals surface area contributed by atoms with Gasteiger partial charge in [-0.05, 0) is 25.1 Å². The quantitative estimate of drug-likeness (QED) is 0.470. The molecule has 1 aromatic carbocycles. The van der Waals surface area contributed by atoms with E-state index in [0.29, 0.717) is 17.1 Å². The van der Waals surface area contributed by atoms with Crippen molar-refractivity contribution in [3.8, 4) is 23.0 Å². The van der Waals surface area contributed by atoms with E-state index in [0.717, 1.165) is 0 Å². The van der Waals surface area contributed by atoms with Crippen LogP contribution < -0.4 is 20.5 Å². The average molecular weight is 510 g/mol. The number of oxazole rings is 1. The average Bonchev–Trinajstić information content (AvgIpc) is 3.16. The Labute approximate surface area is 201 Å². The third kappa shape index (κ3) is 5.72. The van der Waals surface area contributed by atoms with Gasteiger partial charge in [0.15, 0.2) is 23.0 Å². The smallest absolute Gasteiger partial charge is 0.278 e. The first-order chi connectivity index (χ1) is 13.8. The number of halogens is 4. The van der Waals surface area contributed by atoms with E-state index in [1.807, 2.05) is 0 Å². The van der Waals surface area contributed by atoms with E-state index in [4.69, 9.17) is 42.8 Å². The number of pyridine rings is 1. The van der Waals surface area contributed by atoms with Gasteiger partial charge in [-0.2, -0.15) is 0 Å². The van der Waals surface area contributed by atoms with Crippen LogP contribution >= 0.6 is 48.0 Å². The molecule has 3 aromatic rings. The summed E-state index contributed by atoms with van der Waals surface area (Å²) in [4.78, 5) is 21.0. The zero-order chi connectivity index (χ0) is 21.1. The predicted octanol–water partition coefficient (Wildman–Crippen LogP) is 5.18. The molecule has 31 heavy (non-hydrogen) atoms. The number of hydrogen-bond donors (Lipinski definition) is 2. The number of rotatable bonds is 6. The Kier molecular flexibility index (Phi) is 9.86. The molecular weight excluding hydrogens is 490 g/mol. The highest BCUT2D eigenvalue weighted by atomic mass is 35.5. The third-order valence-electron chi connectivity index (χ3n) is 4.00. The molecule has 3 N–H and O–H groups in total. The van der Waals surface area contributed by atoms with Crippen LogP contribution in [0.2, 0.25) is 10.0 Å². The van der Waals surface area contributed by atoms with E-state index >= 15 is 0 Å². The molecule has 8 nitrogen and oxygen atoms in total. The highest BCUT2D eigenvalue weighted by molar-refractivity contribution is 6.39.